The largest absolute Gasteiger partial charge is 0.363 e. The molecule has 0 aromatic carbocycles. The molecule has 0 unspecified atom stereocenters. The summed E-state index contributed by atoms with van der Waals surface area (Å²) in [5, 5.41) is 0. The van der Waals surface area contributed by atoms with Crippen LogP contribution in [0.15, 0.2) is 18.5 Å². The van der Waals surface area contributed by atoms with Gasteiger partial charge in [0, 0.05) is 52.5 Å². The monoisotopic (exact) mass is 341 g/mol. The van der Waals surface area contributed by atoms with Crippen LogP contribution in [0.25, 0.3) is 0 Å². The molecule has 1 amide bonds. The Balaban J connectivity index is 1.67. The molecule has 2 aromatic heterocycles. The van der Waals surface area contributed by atoms with Crippen molar-refractivity contribution in [1.82, 2.24) is 24.8 Å². The average molecular weight is 341 g/mol. The minimum atomic E-state index is -0.0694. The number of hydrogen-bond acceptors (Lipinski definition) is 7. The van der Waals surface area contributed by atoms with E-state index in [2.05, 4.69) is 24.8 Å². The lowest BCUT2D eigenvalue weighted by molar-refractivity contribution is 0.0740. The predicted molar refractivity (Wildman–Crippen MR) is 96.0 cm³/mol. The van der Waals surface area contributed by atoms with Crippen LogP contribution in [0, 0.1) is 13.8 Å². The van der Waals surface area contributed by atoms with E-state index in [4.69, 9.17) is 0 Å². The molecule has 8 nitrogen and oxygen atoms in total. The lowest BCUT2D eigenvalue weighted by atomic mass is 10.2. The molecule has 25 heavy (non-hydrogen) atoms. The maximum Gasteiger partial charge on any atom is 0.274 e. The molecule has 2 aromatic rings. The van der Waals surface area contributed by atoms with Crippen LogP contribution in [-0.2, 0) is 0 Å². The van der Waals surface area contributed by atoms with Crippen molar-refractivity contribution >= 4 is 17.5 Å². The van der Waals surface area contributed by atoms with Crippen molar-refractivity contribution in [3.8, 4) is 0 Å². The van der Waals surface area contributed by atoms with Gasteiger partial charge in [-0.1, -0.05) is 0 Å². The number of aryl methyl sites for hydroxylation is 2. The minimum absolute atomic E-state index is 0.0694. The maximum atomic E-state index is 12.5. The number of nitrogens with zero attached hydrogens (tertiary/aromatic N) is 7. The fourth-order valence-electron chi connectivity index (χ4n) is 2.73. The summed E-state index contributed by atoms with van der Waals surface area (Å²) in [6, 6.07) is 1.98. The Morgan fingerprint density at radius 1 is 1.04 bits per heavy atom. The molecule has 0 N–H and O–H groups in total. The first kappa shape index (κ1) is 17.1. The highest BCUT2D eigenvalue weighted by atomic mass is 16.2. The van der Waals surface area contributed by atoms with Gasteiger partial charge in [0.15, 0.2) is 0 Å². The standard InChI is InChI=1S/C17H23N7O/c1-12-10-19-14(11-18-12)17(25)24-7-5-23(6-8-24)16-9-15(22(3)4)20-13(2)21-16/h9-11H,5-8H2,1-4H3. The van der Waals surface area contributed by atoms with Crippen LogP contribution in [0.3, 0.4) is 0 Å². The zero-order valence-corrected chi connectivity index (χ0v) is 15.1. The summed E-state index contributed by atoms with van der Waals surface area (Å²) >= 11 is 0. The lowest BCUT2D eigenvalue weighted by Crippen LogP contribution is -2.49. The summed E-state index contributed by atoms with van der Waals surface area (Å²) in [5.74, 6) is 2.46. The first-order valence-corrected chi connectivity index (χ1v) is 8.30. The second-order valence-electron chi connectivity index (χ2n) is 6.35. The molecule has 1 aliphatic heterocycles. The molecule has 0 aliphatic carbocycles. The lowest BCUT2D eigenvalue weighted by Gasteiger charge is -2.35. The fraction of sp³-hybridized carbons (Fsp3) is 0.471. The fourth-order valence-corrected chi connectivity index (χ4v) is 2.73. The molecule has 1 saturated heterocycles. The third-order valence-corrected chi connectivity index (χ3v) is 4.16. The van der Waals surface area contributed by atoms with Crippen molar-refractivity contribution in [2.45, 2.75) is 13.8 Å². The molecule has 3 rings (SSSR count). The highest BCUT2D eigenvalue weighted by molar-refractivity contribution is 5.92. The number of hydrogen-bond donors (Lipinski definition) is 0. The number of carbonyl (C=O) groups excluding carboxylic acids is 1. The summed E-state index contributed by atoms with van der Waals surface area (Å²) in [6.45, 7) is 6.48. The van der Waals surface area contributed by atoms with Crippen molar-refractivity contribution in [3.05, 3.63) is 35.7 Å². The van der Waals surface area contributed by atoms with Gasteiger partial charge in [-0.25, -0.2) is 15.0 Å². The van der Waals surface area contributed by atoms with E-state index in [0.717, 1.165) is 36.2 Å². The number of amides is 1. The van der Waals surface area contributed by atoms with E-state index < -0.39 is 0 Å². The quantitative estimate of drug-likeness (QED) is 0.821. The number of anilines is 2. The molecule has 0 saturated carbocycles. The van der Waals surface area contributed by atoms with Gasteiger partial charge in [-0.3, -0.25) is 9.78 Å². The van der Waals surface area contributed by atoms with Gasteiger partial charge in [-0.2, -0.15) is 0 Å². The van der Waals surface area contributed by atoms with E-state index >= 15 is 0 Å². The Kier molecular flexibility index (Phi) is 4.78. The number of rotatable bonds is 3. The Morgan fingerprint density at radius 2 is 1.76 bits per heavy atom. The molecule has 0 radical (unpaired) electrons. The molecule has 0 atom stereocenters. The van der Waals surface area contributed by atoms with Gasteiger partial charge in [0.1, 0.15) is 23.2 Å². The Bertz CT molecular complexity index is 752. The van der Waals surface area contributed by atoms with Gasteiger partial charge in [0.25, 0.3) is 5.91 Å². The van der Waals surface area contributed by atoms with Crippen LogP contribution in [0.1, 0.15) is 22.0 Å². The van der Waals surface area contributed by atoms with Crippen LogP contribution in [0.5, 0.6) is 0 Å². The Labute approximate surface area is 147 Å². The van der Waals surface area contributed by atoms with E-state index in [1.165, 1.54) is 0 Å². The molecule has 3 heterocycles. The Hall–Kier alpha value is -2.77. The van der Waals surface area contributed by atoms with Crippen molar-refractivity contribution in [2.24, 2.45) is 0 Å². The van der Waals surface area contributed by atoms with Gasteiger partial charge in [-0.05, 0) is 13.8 Å². The molecule has 1 aliphatic rings. The van der Waals surface area contributed by atoms with E-state index in [1.807, 2.05) is 43.8 Å². The second-order valence-corrected chi connectivity index (χ2v) is 6.35. The average Bonchev–Trinajstić information content (AvgIpc) is 2.61. The first-order valence-electron chi connectivity index (χ1n) is 8.30. The van der Waals surface area contributed by atoms with Crippen molar-refractivity contribution in [1.29, 1.82) is 0 Å². The van der Waals surface area contributed by atoms with Gasteiger partial charge in [-0.15, -0.1) is 0 Å². The SMILES string of the molecule is Cc1cnc(C(=O)N2CCN(c3cc(N(C)C)nc(C)n3)CC2)cn1. The van der Waals surface area contributed by atoms with Crippen LogP contribution in [0.2, 0.25) is 0 Å². The maximum absolute atomic E-state index is 12.5. The van der Waals surface area contributed by atoms with E-state index in [-0.39, 0.29) is 5.91 Å². The number of carbonyl (C=O) groups is 1. The van der Waals surface area contributed by atoms with E-state index in [0.29, 0.717) is 18.8 Å². The molecule has 0 bridgehead atoms. The van der Waals surface area contributed by atoms with Crippen molar-refractivity contribution in [2.75, 3.05) is 50.1 Å². The third kappa shape index (κ3) is 3.84. The number of piperazine rings is 1. The summed E-state index contributed by atoms with van der Waals surface area (Å²) in [7, 11) is 3.93. The van der Waals surface area contributed by atoms with Gasteiger partial charge in [0.2, 0.25) is 0 Å². The highest BCUT2D eigenvalue weighted by Gasteiger charge is 2.24. The number of aromatic nitrogens is 4. The zero-order valence-electron chi connectivity index (χ0n) is 15.1. The molecular weight excluding hydrogens is 318 g/mol. The summed E-state index contributed by atoms with van der Waals surface area (Å²) < 4.78 is 0. The predicted octanol–water partition coefficient (Wildman–Crippen LogP) is 0.912. The molecule has 8 heteroatoms. The normalized spacial score (nSPS) is 14.6. The van der Waals surface area contributed by atoms with Gasteiger partial charge >= 0.3 is 0 Å². The zero-order chi connectivity index (χ0) is 18.0. The molecule has 132 valence electrons. The van der Waals surface area contributed by atoms with Crippen LogP contribution in [-0.4, -0.2) is 71.0 Å². The first-order chi connectivity index (χ1) is 11.9. The van der Waals surface area contributed by atoms with E-state index in [9.17, 15) is 4.79 Å². The Morgan fingerprint density at radius 3 is 2.36 bits per heavy atom. The highest BCUT2D eigenvalue weighted by Crippen LogP contribution is 2.19. The molecular formula is C17H23N7O. The summed E-state index contributed by atoms with van der Waals surface area (Å²) in [4.78, 5) is 35.8. The van der Waals surface area contributed by atoms with E-state index in [1.54, 1.807) is 12.4 Å². The van der Waals surface area contributed by atoms with Gasteiger partial charge < -0.3 is 14.7 Å². The van der Waals surface area contributed by atoms with Crippen LogP contribution >= 0.6 is 0 Å². The summed E-state index contributed by atoms with van der Waals surface area (Å²) in [6.07, 6.45) is 3.16. The topological polar surface area (TPSA) is 78.4 Å². The van der Waals surface area contributed by atoms with Crippen LogP contribution < -0.4 is 9.80 Å². The van der Waals surface area contributed by atoms with Gasteiger partial charge in [0.05, 0.1) is 11.9 Å². The van der Waals surface area contributed by atoms with Crippen LogP contribution in [0.4, 0.5) is 11.6 Å². The summed E-state index contributed by atoms with van der Waals surface area (Å²) in [5.41, 5.74) is 1.20. The molecule has 0 spiro atoms. The molecule has 1 fully saturated rings. The second kappa shape index (κ2) is 7.00. The van der Waals surface area contributed by atoms with Crippen molar-refractivity contribution in [3.63, 3.8) is 0 Å². The van der Waals surface area contributed by atoms with Crippen molar-refractivity contribution < 1.29 is 4.79 Å². The smallest absolute Gasteiger partial charge is 0.274 e. The minimum Gasteiger partial charge on any atom is -0.363 e. The third-order valence-electron chi connectivity index (χ3n) is 4.16.